The zero-order chi connectivity index (χ0) is 21.5. The molecule has 9 heteroatoms. The first-order valence-electron chi connectivity index (χ1n) is 9.77. The minimum atomic E-state index is -3.62. The lowest BCUT2D eigenvalue weighted by Gasteiger charge is -2.15. The third kappa shape index (κ3) is 3.66. The number of aryl methyl sites for hydroxylation is 2. The Labute approximate surface area is 174 Å². The smallest absolute Gasteiger partial charge is 0.408 e. The number of anilines is 1. The van der Waals surface area contributed by atoms with Crippen LogP contribution in [-0.4, -0.2) is 36.3 Å². The van der Waals surface area contributed by atoms with Gasteiger partial charge in [0.15, 0.2) is 5.58 Å². The molecule has 0 radical (unpaired) electrons. The molecule has 0 spiro atoms. The topological polar surface area (TPSA) is 102 Å². The average Bonchev–Trinajstić information content (AvgIpc) is 3.34. The Hall–Kier alpha value is -2.91. The van der Waals surface area contributed by atoms with Gasteiger partial charge in [-0.1, -0.05) is 18.2 Å². The number of oxazole rings is 1. The molecule has 4 rings (SSSR count). The second kappa shape index (κ2) is 7.73. The minimum Gasteiger partial charge on any atom is -0.408 e. The van der Waals surface area contributed by atoms with Crippen molar-refractivity contribution in [3.8, 4) is 0 Å². The molecule has 8 nitrogen and oxygen atoms in total. The van der Waals surface area contributed by atoms with Crippen molar-refractivity contribution < 1.29 is 17.6 Å². The van der Waals surface area contributed by atoms with Gasteiger partial charge in [0.25, 0.3) is 0 Å². The van der Waals surface area contributed by atoms with E-state index in [2.05, 4.69) is 5.32 Å². The van der Waals surface area contributed by atoms with Crippen molar-refractivity contribution in [1.29, 1.82) is 0 Å². The van der Waals surface area contributed by atoms with Crippen LogP contribution < -0.4 is 11.1 Å². The maximum absolute atomic E-state index is 12.7. The number of aromatic nitrogens is 1. The average molecular weight is 429 g/mol. The number of hydrogen-bond acceptors (Lipinski definition) is 5. The third-order valence-corrected chi connectivity index (χ3v) is 7.28. The number of rotatable bonds is 5. The lowest BCUT2D eigenvalue weighted by atomic mass is 10.1. The van der Waals surface area contributed by atoms with Crippen molar-refractivity contribution in [3.63, 3.8) is 0 Å². The highest BCUT2D eigenvalue weighted by molar-refractivity contribution is 7.89. The van der Waals surface area contributed by atoms with Crippen LogP contribution in [-0.2, 0) is 21.4 Å². The zero-order valence-electron chi connectivity index (χ0n) is 16.8. The molecule has 1 saturated heterocycles. The molecule has 158 valence electrons. The van der Waals surface area contributed by atoms with Crippen molar-refractivity contribution in [1.82, 2.24) is 8.87 Å². The highest BCUT2D eigenvalue weighted by atomic mass is 32.2. The summed E-state index contributed by atoms with van der Waals surface area (Å²) in [4.78, 5) is 25.0. The fraction of sp³-hybridized carbons (Fsp3) is 0.333. The fourth-order valence-electron chi connectivity index (χ4n) is 3.77. The van der Waals surface area contributed by atoms with Gasteiger partial charge in [0, 0.05) is 24.8 Å². The Morgan fingerprint density at radius 2 is 1.77 bits per heavy atom. The normalized spacial score (nSPS) is 15.0. The summed E-state index contributed by atoms with van der Waals surface area (Å²) in [7, 11) is -3.62. The monoisotopic (exact) mass is 429 g/mol. The molecule has 1 fully saturated rings. The summed E-state index contributed by atoms with van der Waals surface area (Å²) in [5, 5.41) is 2.84. The molecule has 1 amide bonds. The summed E-state index contributed by atoms with van der Waals surface area (Å²) in [6.07, 6.45) is 1.67. The van der Waals surface area contributed by atoms with Crippen LogP contribution >= 0.6 is 0 Å². The Kier molecular flexibility index (Phi) is 5.25. The Bertz CT molecular complexity index is 1260. The molecule has 0 bridgehead atoms. The number of amides is 1. The van der Waals surface area contributed by atoms with E-state index in [9.17, 15) is 18.0 Å². The summed E-state index contributed by atoms with van der Waals surface area (Å²) >= 11 is 0. The van der Waals surface area contributed by atoms with Crippen LogP contribution in [0, 0.1) is 13.8 Å². The lowest BCUT2D eigenvalue weighted by Crippen LogP contribution is -2.27. The van der Waals surface area contributed by atoms with Gasteiger partial charge in [-0.05, 0) is 49.9 Å². The zero-order valence-corrected chi connectivity index (χ0v) is 17.7. The van der Waals surface area contributed by atoms with Crippen molar-refractivity contribution in [2.75, 3.05) is 18.4 Å². The molecule has 1 aliphatic heterocycles. The number of nitrogens with zero attached hydrogens (tertiary/aromatic N) is 2. The number of benzene rings is 2. The SMILES string of the molecule is Cc1cccc(C)c1NC(=O)Cn1c(=O)oc2cc(S(=O)(=O)N3CCCC3)ccc21. The molecule has 0 saturated carbocycles. The van der Waals surface area contributed by atoms with Gasteiger partial charge < -0.3 is 9.73 Å². The van der Waals surface area contributed by atoms with Crippen LogP contribution in [0.15, 0.2) is 50.5 Å². The molecule has 1 N–H and O–H groups in total. The van der Waals surface area contributed by atoms with Gasteiger partial charge in [-0.3, -0.25) is 9.36 Å². The molecule has 1 aliphatic rings. The molecule has 0 aliphatic carbocycles. The van der Waals surface area contributed by atoms with Gasteiger partial charge in [-0.15, -0.1) is 0 Å². The first-order valence-corrected chi connectivity index (χ1v) is 11.2. The van der Waals surface area contributed by atoms with E-state index in [1.165, 1.54) is 27.1 Å². The van der Waals surface area contributed by atoms with Crippen molar-refractivity contribution in [3.05, 3.63) is 58.1 Å². The summed E-state index contributed by atoms with van der Waals surface area (Å²) in [6.45, 7) is 4.53. The quantitative estimate of drug-likeness (QED) is 0.672. The number of para-hydroxylation sites is 1. The minimum absolute atomic E-state index is 0.0813. The predicted octanol–water partition coefficient (Wildman–Crippen LogP) is 2.63. The number of hydrogen-bond donors (Lipinski definition) is 1. The predicted molar refractivity (Wildman–Crippen MR) is 113 cm³/mol. The standard InChI is InChI=1S/C21H23N3O5S/c1-14-6-5-7-15(2)20(14)22-19(25)13-24-17-9-8-16(12-18(17)29-21(24)26)30(27,28)23-10-3-4-11-23/h5-9,12H,3-4,10-11,13H2,1-2H3,(H,22,25). The van der Waals surface area contributed by atoms with Crippen LogP contribution in [0.5, 0.6) is 0 Å². The summed E-state index contributed by atoms with van der Waals surface area (Å²) < 4.78 is 33.4. The van der Waals surface area contributed by atoms with E-state index in [1.54, 1.807) is 0 Å². The third-order valence-electron chi connectivity index (χ3n) is 5.39. The molecular weight excluding hydrogens is 406 g/mol. The molecule has 1 aromatic heterocycles. The lowest BCUT2D eigenvalue weighted by molar-refractivity contribution is -0.116. The van der Waals surface area contributed by atoms with Crippen LogP contribution in [0.1, 0.15) is 24.0 Å². The van der Waals surface area contributed by atoms with Crippen molar-refractivity contribution in [2.45, 2.75) is 38.1 Å². The van der Waals surface area contributed by atoms with Gasteiger partial charge in [0.2, 0.25) is 15.9 Å². The van der Waals surface area contributed by atoms with E-state index in [0.717, 1.165) is 24.0 Å². The van der Waals surface area contributed by atoms with E-state index in [1.807, 2.05) is 32.0 Å². The maximum atomic E-state index is 12.7. The van der Waals surface area contributed by atoms with Gasteiger partial charge >= 0.3 is 5.76 Å². The van der Waals surface area contributed by atoms with E-state index < -0.39 is 15.8 Å². The van der Waals surface area contributed by atoms with E-state index in [4.69, 9.17) is 4.42 Å². The first-order chi connectivity index (χ1) is 14.3. The molecule has 0 atom stereocenters. The number of fused-ring (bicyclic) bond motifs is 1. The number of carbonyl (C=O) groups is 1. The van der Waals surface area contributed by atoms with Gasteiger partial charge in [-0.25, -0.2) is 13.2 Å². The Morgan fingerprint density at radius 1 is 1.10 bits per heavy atom. The number of nitrogens with one attached hydrogen (secondary N) is 1. The number of carbonyl (C=O) groups excluding carboxylic acids is 1. The Morgan fingerprint density at radius 3 is 2.43 bits per heavy atom. The Balaban J connectivity index is 1.62. The molecule has 30 heavy (non-hydrogen) atoms. The molecule has 3 aromatic rings. The number of sulfonamides is 1. The first kappa shape index (κ1) is 20.4. The van der Waals surface area contributed by atoms with Crippen LogP contribution in [0.2, 0.25) is 0 Å². The second-order valence-electron chi connectivity index (χ2n) is 7.51. The fourth-order valence-corrected chi connectivity index (χ4v) is 5.30. The highest BCUT2D eigenvalue weighted by Crippen LogP contribution is 2.24. The van der Waals surface area contributed by atoms with Crippen molar-refractivity contribution >= 4 is 32.7 Å². The van der Waals surface area contributed by atoms with E-state index in [0.29, 0.717) is 24.3 Å². The van der Waals surface area contributed by atoms with Crippen LogP contribution in [0.25, 0.3) is 11.1 Å². The summed E-state index contributed by atoms with van der Waals surface area (Å²) in [5.74, 6) is -1.08. The highest BCUT2D eigenvalue weighted by Gasteiger charge is 2.28. The second-order valence-corrected chi connectivity index (χ2v) is 9.45. The molecule has 2 aromatic carbocycles. The van der Waals surface area contributed by atoms with Crippen LogP contribution in [0.3, 0.4) is 0 Å². The van der Waals surface area contributed by atoms with Crippen molar-refractivity contribution in [2.24, 2.45) is 0 Å². The van der Waals surface area contributed by atoms with E-state index in [-0.39, 0.29) is 22.9 Å². The van der Waals surface area contributed by atoms with E-state index >= 15 is 0 Å². The largest absolute Gasteiger partial charge is 0.420 e. The van der Waals surface area contributed by atoms with Gasteiger partial charge in [0.05, 0.1) is 10.4 Å². The molecule has 0 unspecified atom stereocenters. The van der Waals surface area contributed by atoms with Gasteiger partial charge in [-0.2, -0.15) is 4.31 Å². The summed E-state index contributed by atoms with van der Waals surface area (Å²) in [6, 6.07) is 10.0. The van der Waals surface area contributed by atoms with Gasteiger partial charge in [0.1, 0.15) is 6.54 Å². The molecule has 2 heterocycles. The summed E-state index contributed by atoms with van der Waals surface area (Å²) in [5.41, 5.74) is 3.06. The van der Waals surface area contributed by atoms with Crippen LogP contribution in [0.4, 0.5) is 5.69 Å². The molecular formula is C21H23N3O5S. The maximum Gasteiger partial charge on any atom is 0.420 e.